The second-order valence-electron chi connectivity index (χ2n) is 5.52. The molecule has 19 heavy (non-hydrogen) atoms. The number of thiol groups is 1. The Hall–Kier alpha value is -0.960. The number of benzene rings is 1. The molecule has 0 aliphatic heterocycles. The van der Waals surface area contributed by atoms with Crippen LogP contribution in [0.2, 0.25) is 0 Å². The standard InChI is InChI=1S/C16H22O2S/c1-12-7-9-14(10-8-12)18-16(17)15(19)11-13-5-3-2-4-6-13/h2-6,12,14-15,19H,7-11H2,1H3. The minimum atomic E-state index is -0.359. The van der Waals surface area contributed by atoms with E-state index >= 15 is 0 Å². The van der Waals surface area contributed by atoms with Gasteiger partial charge >= 0.3 is 5.97 Å². The van der Waals surface area contributed by atoms with Gasteiger partial charge in [-0.3, -0.25) is 4.79 Å². The number of carbonyl (C=O) groups excluding carboxylic acids is 1. The van der Waals surface area contributed by atoms with Crippen LogP contribution >= 0.6 is 12.6 Å². The Morgan fingerprint density at radius 3 is 2.53 bits per heavy atom. The van der Waals surface area contributed by atoms with Gasteiger partial charge in [0.05, 0.1) is 0 Å². The summed E-state index contributed by atoms with van der Waals surface area (Å²) in [6.07, 6.45) is 5.06. The summed E-state index contributed by atoms with van der Waals surface area (Å²) in [4.78, 5) is 12.0. The average molecular weight is 278 g/mol. The Labute approximate surface area is 121 Å². The quantitative estimate of drug-likeness (QED) is 0.672. The van der Waals surface area contributed by atoms with Crippen molar-refractivity contribution < 1.29 is 9.53 Å². The van der Waals surface area contributed by atoms with Crippen LogP contribution in [0.25, 0.3) is 0 Å². The van der Waals surface area contributed by atoms with Gasteiger partial charge in [-0.2, -0.15) is 12.6 Å². The van der Waals surface area contributed by atoms with Crippen molar-refractivity contribution in [1.29, 1.82) is 0 Å². The molecule has 2 nitrogen and oxygen atoms in total. The van der Waals surface area contributed by atoms with E-state index in [9.17, 15) is 4.79 Å². The van der Waals surface area contributed by atoms with Gasteiger partial charge in [0.1, 0.15) is 11.4 Å². The highest BCUT2D eigenvalue weighted by atomic mass is 32.1. The zero-order valence-electron chi connectivity index (χ0n) is 11.4. The maximum Gasteiger partial charge on any atom is 0.319 e. The molecule has 0 saturated heterocycles. The van der Waals surface area contributed by atoms with Crippen LogP contribution in [0.3, 0.4) is 0 Å². The molecule has 1 saturated carbocycles. The first kappa shape index (κ1) is 14.4. The first-order valence-electron chi connectivity index (χ1n) is 7.07. The molecule has 1 aliphatic carbocycles. The summed E-state index contributed by atoms with van der Waals surface area (Å²) in [7, 11) is 0. The Balaban J connectivity index is 1.79. The van der Waals surface area contributed by atoms with Crippen molar-refractivity contribution in [3.05, 3.63) is 35.9 Å². The van der Waals surface area contributed by atoms with Crippen LogP contribution in [-0.4, -0.2) is 17.3 Å². The van der Waals surface area contributed by atoms with Crippen LogP contribution < -0.4 is 0 Å². The molecule has 1 aromatic carbocycles. The van der Waals surface area contributed by atoms with Gasteiger partial charge in [0.25, 0.3) is 0 Å². The molecule has 1 aromatic rings. The van der Waals surface area contributed by atoms with Crippen molar-refractivity contribution in [2.45, 2.75) is 50.4 Å². The molecule has 0 bridgehead atoms. The Morgan fingerprint density at radius 1 is 1.26 bits per heavy atom. The van der Waals surface area contributed by atoms with Crippen LogP contribution in [-0.2, 0) is 16.0 Å². The van der Waals surface area contributed by atoms with Gasteiger partial charge in [-0.1, -0.05) is 37.3 Å². The van der Waals surface area contributed by atoms with E-state index in [0.29, 0.717) is 6.42 Å². The van der Waals surface area contributed by atoms with Crippen LogP contribution in [0.1, 0.15) is 38.2 Å². The molecule has 0 N–H and O–H groups in total. The zero-order valence-corrected chi connectivity index (χ0v) is 12.3. The fraction of sp³-hybridized carbons (Fsp3) is 0.562. The molecule has 1 atom stereocenters. The highest BCUT2D eigenvalue weighted by Gasteiger charge is 2.24. The third-order valence-corrected chi connectivity index (χ3v) is 4.18. The van der Waals surface area contributed by atoms with E-state index in [1.54, 1.807) is 0 Å². The molecular formula is C16H22O2S. The Kier molecular flexibility index (Phi) is 5.32. The minimum Gasteiger partial charge on any atom is -0.462 e. The van der Waals surface area contributed by atoms with Crippen LogP contribution in [0.5, 0.6) is 0 Å². The van der Waals surface area contributed by atoms with Gasteiger partial charge in [0, 0.05) is 0 Å². The number of hydrogen-bond donors (Lipinski definition) is 1. The normalized spacial score (nSPS) is 24.7. The van der Waals surface area contributed by atoms with Gasteiger partial charge in [0.2, 0.25) is 0 Å². The summed E-state index contributed by atoms with van der Waals surface area (Å²) in [5.74, 6) is 0.595. The number of rotatable bonds is 4. The molecule has 0 radical (unpaired) electrons. The van der Waals surface area contributed by atoms with E-state index in [4.69, 9.17) is 4.74 Å². The first-order chi connectivity index (χ1) is 9.15. The second-order valence-corrected chi connectivity index (χ2v) is 6.15. The summed E-state index contributed by atoms with van der Waals surface area (Å²) in [6, 6.07) is 9.95. The highest BCUT2D eigenvalue weighted by Crippen LogP contribution is 2.26. The van der Waals surface area contributed by atoms with Gasteiger partial charge < -0.3 is 4.74 Å². The van der Waals surface area contributed by atoms with E-state index in [1.807, 2.05) is 30.3 Å². The second kappa shape index (κ2) is 6.99. The molecule has 1 aliphatic rings. The zero-order chi connectivity index (χ0) is 13.7. The van der Waals surface area contributed by atoms with Gasteiger partial charge in [0.15, 0.2) is 0 Å². The lowest BCUT2D eigenvalue weighted by Crippen LogP contribution is -2.29. The lowest BCUT2D eigenvalue weighted by molar-refractivity contribution is -0.150. The third-order valence-electron chi connectivity index (χ3n) is 3.79. The van der Waals surface area contributed by atoms with Crippen molar-refractivity contribution >= 4 is 18.6 Å². The SMILES string of the molecule is CC1CCC(OC(=O)C(S)Cc2ccccc2)CC1. The van der Waals surface area contributed by atoms with Crippen molar-refractivity contribution in [2.24, 2.45) is 5.92 Å². The lowest BCUT2D eigenvalue weighted by atomic mass is 9.89. The topological polar surface area (TPSA) is 26.3 Å². The van der Waals surface area contributed by atoms with Crippen molar-refractivity contribution in [3.8, 4) is 0 Å². The van der Waals surface area contributed by atoms with Gasteiger partial charge in [-0.05, 0) is 43.6 Å². The minimum absolute atomic E-state index is 0.106. The molecular weight excluding hydrogens is 256 g/mol. The number of ether oxygens (including phenoxy) is 1. The molecule has 1 unspecified atom stereocenters. The highest BCUT2D eigenvalue weighted by molar-refractivity contribution is 7.81. The van der Waals surface area contributed by atoms with E-state index in [1.165, 1.54) is 0 Å². The molecule has 2 rings (SSSR count). The smallest absolute Gasteiger partial charge is 0.319 e. The summed E-state index contributed by atoms with van der Waals surface area (Å²) < 4.78 is 5.56. The van der Waals surface area contributed by atoms with E-state index < -0.39 is 0 Å². The maximum atomic E-state index is 12.0. The lowest BCUT2D eigenvalue weighted by Gasteiger charge is -2.26. The van der Waals surface area contributed by atoms with Crippen molar-refractivity contribution in [2.75, 3.05) is 0 Å². The van der Waals surface area contributed by atoms with E-state index in [0.717, 1.165) is 37.2 Å². The predicted molar refractivity (Wildman–Crippen MR) is 80.4 cm³/mol. The fourth-order valence-corrected chi connectivity index (χ4v) is 2.78. The van der Waals surface area contributed by atoms with Gasteiger partial charge in [-0.15, -0.1) is 0 Å². The molecule has 3 heteroatoms. The summed E-state index contributed by atoms with van der Waals surface area (Å²) in [6.45, 7) is 2.26. The van der Waals surface area contributed by atoms with Crippen LogP contribution in [0.15, 0.2) is 30.3 Å². The van der Waals surface area contributed by atoms with E-state index in [-0.39, 0.29) is 17.3 Å². The fourth-order valence-electron chi connectivity index (χ4n) is 2.51. The average Bonchev–Trinajstić information content (AvgIpc) is 2.42. The molecule has 1 fully saturated rings. The number of carbonyl (C=O) groups is 1. The molecule has 0 aromatic heterocycles. The van der Waals surface area contributed by atoms with Gasteiger partial charge in [-0.25, -0.2) is 0 Å². The number of hydrogen-bond acceptors (Lipinski definition) is 3. The van der Waals surface area contributed by atoms with Crippen LogP contribution in [0.4, 0.5) is 0 Å². The summed E-state index contributed by atoms with van der Waals surface area (Å²) >= 11 is 4.38. The monoisotopic (exact) mass is 278 g/mol. The maximum absolute atomic E-state index is 12.0. The Morgan fingerprint density at radius 2 is 1.89 bits per heavy atom. The molecule has 0 heterocycles. The third kappa shape index (κ3) is 4.57. The Bertz CT molecular complexity index is 396. The first-order valence-corrected chi connectivity index (χ1v) is 7.59. The molecule has 104 valence electrons. The summed E-state index contributed by atoms with van der Waals surface area (Å²) in [5, 5.41) is -0.359. The predicted octanol–water partition coefficient (Wildman–Crippen LogP) is 3.65. The van der Waals surface area contributed by atoms with E-state index in [2.05, 4.69) is 19.6 Å². The largest absolute Gasteiger partial charge is 0.462 e. The number of esters is 1. The molecule has 0 amide bonds. The molecule has 0 spiro atoms. The van der Waals surface area contributed by atoms with Crippen LogP contribution in [0, 0.1) is 5.92 Å². The van der Waals surface area contributed by atoms with Crippen molar-refractivity contribution in [3.63, 3.8) is 0 Å². The summed E-state index contributed by atoms with van der Waals surface area (Å²) in [5.41, 5.74) is 1.12. The van der Waals surface area contributed by atoms with Crippen molar-refractivity contribution in [1.82, 2.24) is 0 Å².